The number of amides is 2. The normalized spacial score (nSPS) is 13.7. The molecule has 258 valence electrons. The van der Waals surface area contributed by atoms with Crippen LogP contribution in [0.1, 0.15) is 63.1 Å². The van der Waals surface area contributed by atoms with Crippen molar-refractivity contribution in [3.8, 4) is 0 Å². The number of ether oxygens (including phenoxy) is 2. The Kier molecular flexibility index (Phi) is 17.1. The fourth-order valence-electron chi connectivity index (χ4n) is 5.12. The van der Waals surface area contributed by atoms with Crippen LogP contribution in [0.4, 0.5) is 13.6 Å². The molecule has 0 saturated carbocycles. The number of alkyl carbamates (subject to hydrolysis) is 1. The highest BCUT2D eigenvalue weighted by atomic mass is 32.2. The number of rotatable bonds is 21. The van der Waals surface area contributed by atoms with Crippen LogP contribution in [0.5, 0.6) is 0 Å². The van der Waals surface area contributed by atoms with Gasteiger partial charge in [0.2, 0.25) is 5.91 Å². The molecule has 0 aliphatic carbocycles. The molecule has 2 aromatic rings. The molecule has 0 saturated heterocycles. The van der Waals surface area contributed by atoms with Gasteiger partial charge in [-0.3, -0.25) is 4.79 Å². The SMILES string of the molecule is CCCC(CCC)S(=O)(=O)C[C@@H](NC(=O)OCCOC)C(=O)N[C@@H](Cc1cc(F)cc(F)c1)[C@H](O)CNCc1cccc(CC)c1. The lowest BCUT2D eigenvalue weighted by atomic mass is 10.00. The maximum absolute atomic E-state index is 14.0. The zero-order chi connectivity index (χ0) is 34.1. The Morgan fingerprint density at radius 2 is 1.57 bits per heavy atom. The van der Waals surface area contributed by atoms with Gasteiger partial charge in [0.15, 0.2) is 9.84 Å². The summed E-state index contributed by atoms with van der Waals surface area (Å²) in [5.41, 5.74) is 2.29. The molecule has 0 heterocycles. The van der Waals surface area contributed by atoms with E-state index in [0.29, 0.717) is 38.3 Å². The molecule has 0 aliphatic rings. The van der Waals surface area contributed by atoms with Gasteiger partial charge in [-0.25, -0.2) is 22.0 Å². The Labute approximate surface area is 271 Å². The second kappa shape index (κ2) is 20.2. The van der Waals surface area contributed by atoms with Crippen molar-refractivity contribution in [2.24, 2.45) is 0 Å². The molecule has 2 aromatic carbocycles. The van der Waals surface area contributed by atoms with Crippen LogP contribution in [0.15, 0.2) is 42.5 Å². The second-order valence-corrected chi connectivity index (χ2v) is 13.6. The highest BCUT2D eigenvalue weighted by Crippen LogP contribution is 2.18. The summed E-state index contributed by atoms with van der Waals surface area (Å²) in [4.78, 5) is 26.2. The van der Waals surface area contributed by atoms with Gasteiger partial charge < -0.3 is 30.5 Å². The van der Waals surface area contributed by atoms with Crippen molar-refractivity contribution in [3.05, 3.63) is 70.8 Å². The van der Waals surface area contributed by atoms with Gasteiger partial charge in [-0.15, -0.1) is 0 Å². The summed E-state index contributed by atoms with van der Waals surface area (Å²) in [6.45, 7) is 6.13. The number of aliphatic hydroxyl groups excluding tert-OH is 1. The molecular formula is C33H49F2N3O7S. The predicted molar refractivity (Wildman–Crippen MR) is 173 cm³/mol. The summed E-state index contributed by atoms with van der Waals surface area (Å²) in [6, 6.07) is 8.11. The molecule has 0 bridgehead atoms. The van der Waals surface area contributed by atoms with Crippen LogP contribution < -0.4 is 16.0 Å². The molecule has 2 rings (SSSR count). The number of benzene rings is 2. The van der Waals surface area contributed by atoms with Crippen molar-refractivity contribution in [2.75, 3.05) is 32.6 Å². The first-order chi connectivity index (χ1) is 21.9. The van der Waals surface area contributed by atoms with E-state index in [9.17, 15) is 31.9 Å². The molecule has 3 atom stereocenters. The van der Waals surface area contributed by atoms with Gasteiger partial charge in [0.05, 0.1) is 29.8 Å². The largest absolute Gasteiger partial charge is 0.447 e. The number of carbonyl (C=O) groups excluding carboxylic acids is 2. The van der Waals surface area contributed by atoms with Gasteiger partial charge in [-0.1, -0.05) is 57.9 Å². The first kappa shape index (κ1) is 39.1. The Bertz CT molecular complexity index is 1320. The van der Waals surface area contributed by atoms with Crippen molar-refractivity contribution < 1.29 is 41.4 Å². The van der Waals surface area contributed by atoms with E-state index in [4.69, 9.17) is 9.47 Å². The third-order valence-corrected chi connectivity index (χ3v) is 9.79. The number of aryl methyl sites for hydroxylation is 1. The van der Waals surface area contributed by atoms with Crippen molar-refractivity contribution in [3.63, 3.8) is 0 Å². The summed E-state index contributed by atoms with van der Waals surface area (Å²) in [5, 5.41) is 18.6. The maximum Gasteiger partial charge on any atom is 0.407 e. The van der Waals surface area contributed by atoms with Gasteiger partial charge in [-0.05, 0) is 54.5 Å². The lowest BCUT2D eigenvalue weighted by molar-refractivity contribution is -0.124. The van der Waals surface area contributed by atoms with E-state index in [1.54, 1.807) is 0 Å². The molecule has 13 heteroatoms. The molecule has 46 heavy (non-hydrogen) atoms. The average Bonchev–Trinajstić information content (AvgIpc) is 3.00. The first-order valence-electron chi connectivity index (χ1n) is 15.8. The molecule has 0 fully saturated rings. The Morgan fingerprint density at radius 3 is 2.17 bits per heavy atom. The first-order valence-corrected chi connectivity index (χ1v) is 17.5. The molecule has 10 nitrogen and oxygen atoms in total. The summed E-state index contributed by atoms with van der Waals surface area (Å²) < 4.78 is 64.9. The Morgan fingerprint density at radius 1 is 0.913 bits per heavy atom. The van der Waals surface area contributed by atoms with Crippen molar-refractivity contribution in [2.45, 2.75) is 89.3 Å². The Hall–Kier alpha value is -3.13. The number of hydrogen-bond donors (Lipinski definition) is 4. The number of carbonyl (C=O) groups is 2. The monoisotopic (exact) mass is 669 g/mol. The predicted octanol–water partition coefficient (Wildman–Crippen LogP) is 3.83. The lowest BCUT2D eigenvalue weighted by Crippen LogP contribution is -2.57. The van der Waals surface area contributed by atoms with Gasteiger partial charge in [0, 0.05) is 26.3 Å². The van der Waals surface area contributed by atoms with Crippen LogP contribution >= 0.6 is 0 Å². The van der Waals surface area contributed by atoms with E-state index < -0.39 is 62.7 Å². The van der Waals surface area contributed by atoms with E-state index in [1.165, 1.54) is 7.11 Å². The highest BCUT2D eigenvalue weighted by molar-refractivity contribution is 7.92. The molecule has 0 radical (unpaired) electrons. The minimum absolute atomic E-state index is 0.0103. The molecule has 0 aromatic heterocycles. The van der Waals surface area contributed by atoms with Crippen LogP contribution in [0.25, 0.3) is 0 Å². The topological polar surface area (TPSA) is 143 Å². The zero-order valence-electron chi connectivity index (χ0n) is 27.2. The molecule has 0 unspecified atom stereocenters. The summed E-state index contributed by atoms with van der Waals surface area (Å²) >= 11 is 0. The third-order valence-electron chi connectivity index (χ3n) is 7.51. The number of nitrogens with one attached hydrogen (secondary N) is 3. The van der Waals surface area contributed by atoms with E-state index in [1.807, 2.05) is 45.0 Å². The minimum atomic E-state index is -3.87. The lowest BCUT2D eigenvalue weighted by Gasteiger charge is -2.28. The van der Waals surface area contributed by atoms with E-state index in [2.05, 4.69) is 16.0 Å². The standard InChI is InChI=1S/C33H49F2N3O7S/c1-5-9-28(10-6-2)46(42,43)22-30(38-33(41)45-14-13-44-4)32(40)37-29(18-25-16-26(34)19-27(35)17-25)31(39)21-36-20-24-12-8-11-23(7-3)15-24/h8,11-12,15-17,19,28-31,36,39H,5-7,9-10,13-14,18,20-22H2,1-4H3,(H,37,40)(H,38,41)/t29-,30+,31+/m0/s1. The summed E-state index contributed by atoms with van der Waals surface area (Å²) in [7, 11) is -2.45. The van der Waals surface area contributed by atoms with Gasteiger partial charge >= 0.3 is 6.09 Å². The number of halogens is 2. The van der Waals surface area contributed by atoms with Crippen molar-refractivity contribution in [1.82, 2.24) is 16.0 Å². The molecule has 0 spiro atoms. The highest BCUT2D eigenvalue weighted by Gasteiger charge is 2.34. The molecule has 4 N–H and O–H groups in total. The van der Waals surface area contributed by atoms with E-state index in [0.717, 1.165) is 29.7 Å². The number of hydrogen-bond acceptors (Lipinski definition) is 8. The van der Waals surface area contributed by atoms with E-state index >= 15 is 0 Å². The van der Waals surface area contributed by atoms with Crippen molar-refractivity contribution >= 4 is 21.8 Å². The van der Waals surface area contributed by atoms with Crippen LogP contribution in [0.3, 0.4) is 0 Å². The summed E-state index contributed by atoms with van der Waals surface area (Å²) in [6.07, 6.45) is 0.407. The van der Waals surface area contributed by atoms with Gasteiger partial charge in [-0.2, -0.15) is 0 Å². The average molecular weight is 670 g/mol. The fourth-order valence-corrected chi connectivity index (χ4v) is 7.28. The van der Waals surface area contributed by atoms with Crippen molar-refractivity contribution in [1.29, 1.82) is 0 Å². The smallest absolute Gasteiger partial charge is 0.407 e. The number of sulfone groups is 1. The van der Waals surface area contributed by atoms with Crippen LogP contribution in [-0.2, 0) is 43.5 Å². The fraction of sp³-hybridized carbons (Fsp3) is 0.576. The van der Waals surface area contributed by atoms with E-state index in [-0.39, 0.29) is 31.7 Å². The maximum atomic E-state index is 14.0. The Balaban J connectivity index is 2.32. The van der Waals surface area contributed by atoms with Crippen LogP contribution in [0.2, 0.25) is 0 Å². The van der Waals surface area contributed by atoms with Gasteiger partial charge in [0.25, 0.3) is 0 Å². The number of methoxy groups -OCH3 is 1. The zero-order valence-corrected chi connectivity index (χ0v) is 28.0. The summed E-state index contributed by atoms with van der Waals surface area (Å²) in [5.74, 6) is -3.25. The quantitative estimate of drug-likeness (QED) is 0.147. The molecule has 0 aliphatic heterocycles. The second-order valence-electron chi connectivity index (χ2n) is 11.3. The number of aliphatic hydroxyl groups is 1. The van der Waals surface area contributed by atoms with Crippen LogP contribution in [0, 0.1) is 11.6 Å². The van der Waals surface area contributed by atoms with Crippen LogP contribution in [-0.4, -0.2) is 81.6 Å². The minimum Gasteiger partial charge on any atom is -0.447 e. The molecular weight excluding hydrogens is 620 g/mol. The molecule has 2 amide bonds. The third kappa shape index (κ3) is 13.7. The van der Waals surface area contributed by atoms with Gasteiger partial charge in [0.1, 0.15) is 24.3 Å².